The number of aliphatic hydroxyl groups excluding tert-OH is 2. The number of aliphatic hydroxyl groups is 4. The number of hydrogen-bond acceptors (Lipinski definition) is 33. The van der Waals surface area contributed by atoms with E-state index in [4.69, 9.17) is 0 Å². The number of carbonyl (C=O) groups excluding carboxylic acids is 7. The van der Waals surface area contributed by atoms with Gasteiger partial charge in [-0.2, -0.15) is 31.4 Å². The number of aromatic nitrogens is 7. The van der Waals surface area contributed by atoms with Gasteiger partial charge in [-0.15, -0.1) is 0 Å². The van der Waals surface area contributed by atoms with Crippen LogP contribution < -0.4 is 62.9 Å². The van der Waals surface area contributed by atoms with Crippen LogP contribution in [0.1, 0.15) is 108 Å². The highest BCUT2D eigenvalue weighted by Gasteiger charge is 2.33. The average molecular weight is 2060 g/mol. The number of sulfonamides is 2. The fraction of sp³-hybridized carbons (Fsp3) is 0.391. The summed E-state index contributed by atoms with van der Waals surface area (Å²) in [6.45, 7) is 14.6. The zero-order valence-electron chi connectivity index (χ0n) is 79.6. The number of carboxylic acid groups (broad SMARTS) is 1. The van der Waals surface area contributed by atoms with E-state index in [2.05, 4.69) is 82.1 Å². The number of aromatic amines is 2. The number of β-amino-alcohol motifs (C(OH)–C–C–N with tert-alkyl or cyclic N) is 4. The third-order valence-electron chi connectivity index (χ3n) is 22.8. The molecule has 0 radical (unpaired) electrons. The largest absolute Gasteiger partial charge is 0.480 e. The van der Waals surface area contributed by atoms with Gasteiger partial charge in [0.1, 0.15) is 45.2 Å². The predicted molar refractivity (Wildman–Crippen MR) is 528 cm³/mol. The summed E-state index contributed by atoms with van der Waals surface area (Å²) in [5.74, 6) is -6.30. The molecule has 0 bridgehead atoms. The summed E-state index contributed by atoms with van der Waals surface area (Å²) in [4.78, 5) is 158. The molecule has 1 saturated heterocycles. The Bertz CT molecular complexity index is 6850. The Morgan fingerprint density at radius 2 is 0.958 bits per heavy atom. The molecule has 770 valence electrons. The van der Waals surface area contributed by atoms with Crippen LogP contribution >= 0.6 is 0 Å². The number of carboxylic acids is 1. The average Bonchev–Trinajstić information content (AvgIpc) is 1.52. The number of anilines is 3. The third-order valence-corrected chi connectivity index (χ3v) is 28.1. The Morgan fingerprint density at radius 1 is 0.517 bits per heavy atom. The van der Waals surface area contributed by atoms with Crippen molar-refractivity contribution in [1.29, 1.82) is 0 Å². The van der Waals surface area contributed by atoms with Gasteiger partial charge >= 0.3 is 5.97 Å². The van der Waals surface area contributed by atoms with E-state index in [1.165, 1.54) is 61.8 Å². The molecule has 143 heavy (non-hydrogen) atoms. The van der Waals surface area contributed by atoms with Crippen LogP contribution in [0.25, 0.3) is 21.8 Å². The van der Waals surface area contributed by atoms with Crippen LogP contribution in [0.15, 0.2) is 170 Å². The van der Waals surface area contributed by atoms with Gasteiger partial charge in [0, 0.05) is 178 Å². The zero-order valence-corrected chi connectivity index (χ0v) is 82.9. The number of carbonyl (C=O) groups is 8. The lowest BCUT2D eigenvalue weighted by Gasteiger charge is -2.34. The minimum absolute atomic E-state index is 0.00709. The second-order valence-corrected chi connectivity index (χ2v) is 40.5. The highest BCUT2D eigenvalue weighted by molar-refractivity contribution is 7.90. The van der Waals surface area contributed by atoms with Gasteiger partial charge in [0.05, 0.1) is 57.8 Å². The molecule has 1 fully saturated rings. The van der Waals surface area contributed by atoms with Crippen LogP contribution in [0.2, 0.25) is 0 Å². The minimum Gasteiger partial charge on any atom is -0.480 e. The van der Waals surface area contributed by atoms with E-state index in [0.29, 0.717) is 110 Å². The fourth-order valence-corrected chi connectivity index (χ4v) is 20.9. The number of aryl methyl sites for hydroxylation is 8. The van der Waals surface area contributed by atoms with E-state index in [9.17, 15) is 116 Å². The second-order valence-electron chi connectivity index (χ2n) is 34.3. The number of amides is 5. The summed E-state index contributed by atoms with van der Waals surface area (Å²) in [5, 5.41) is 71.8. The number of aliphatic carboxylic acids is 1. The number of rotatable bonds is 45. The van der Waals surface area contributed by atoms with Gasteiger partial charge in [-0.3, -0.25) is 82.1 Å². The fourth-order valence-electron chi connectivity index (χ4n) is 16.1. The van der Waals surface area contributed by atoms with Gasteiger partial charge in [0.2, 0.25) is 42.7 Å². The first-order valence-electron chi connectivity index (χ1n) is 45.1. The van der Waals surface area contributed by atoms with Crippen molar-refractivity contribution in [3.63, 3.8) is 0 Å². The molecule has 11 rings (SSSR count). The first-order valence-corrected chi connectivity index (χ1v) is 51.1. The van der Waals surface area contributed by atoms with Crippen molar-refractivity contribution in [2.45, 2.75) is 140 Å². The number of fused-ring (bicyclic) bond motifs is 2. The minimum atomic E-state index is -4.83. The van der Waals surface area contributed by atoms with Crippen molar-refractivity contribution >= 4 is 133 Å². The van der Waals surface area contributed by atoms with Crippen molar-refractivity contribution in [3.8, 4) is 0 Å². The van der Waals surface area contributed by atoms with Gasteiger partial charge in [0.25, 0.3) is 38.0 Å². The Balaban J connectivity index is 0.000000294. The molecule has 2 unspecified atom stereocenters. The number of nitrogens with one attached hydrogen (secondary N) is 12. The highest BCUT2D eigenvalue weighted by Crippen LogP contribution is 2.26. The number of benzene rings is 5. The normalized spacial score (nSPS) is 14.2. The van der Waals surface area contributed by atoms with Gasteiger partial charge in [-0.1, -0.05) is 65.7 Å². The number of H-pyrrole nitrogens is 2. The van der Waals surface area contributed by atoms with Crippen molar-refractivity contribution in [1.82, 2.24) is 89.7 Å². The van der Waals surface area contributed by atoms with Gasteiger partial charge in [0.15, 0.2) is 24.5 Å². The van der Waals surface area contributed by atoms with Crippen LogP contribution in [0.3, 0.4) is 0 Å². The van der Waals surface area contributed by atoms with Crippen LogP contribution in [0.5, 0.6) is 0 Å². The first kappa shape index (κ1) is 112. The summed E-state index contributed by atoms with van der Waals surface area (Å²) in [7, 11) is -17.8. The van der Waals surface area contributed by atoms with Crippen molar-refractivity contribution < 1.29 is 107 Å². The maximum atomic E-state index is 14.0. The maximum absolute atomic E-state index is 14.0. The van der Waals surface area contributed by atoms with Crippen molar-refractivity contribution in [2.24, 2.45) is 5.10 Å². The lowest BCUT2D eigenvalue weighted by molar-refractivity contribution is -0.138. The third kappa shape index (κ3) is 33.4. The lowest BCUT2D eigenvalue weighted by atomic mass is 10.1. The van der Waals surface area contributed by atoms with Crippen LogP contribution in [0.4, 0.5) is 17.7 Å². The molecule has 0 spiro atoms. The van der Waals surface area contributed by atoms with Crippen molar-refractivity contribution in [2.75, 3.05) is 127 Å². The highest BCUT2D eigenvalue weighted by atomic mass is 32.2. The number of hydrazone groups is 1. The zero-order chi connectivity index (χ0) is 104. The molecule has 6 heterocycles. The summed E-state index contributed by atoms with van der Waals surface area (Å²) in [5.41, 5.74) is 6.60. The molecule has 19 N–H and O–H groups in total. The quantitative estimate of drug-likeness (QED) is 0.00815. The molecular formula is C92H118N22O25S4. The standard InChI is InChI=1S/C46H51N11O13S3.C46H67N11O12S/c1-27-18-28(2)42(29(3)19-27)72(66,67)56-36(30(4)58)24-51-44(61)35-25-57(38-20-31(10-12-34(38)41(35)59)21-52-46-48-15-16-49-46)17-7-14-47-45(62)37(26-71(63,64)65)54-43(60)33-11-13-40(50-22-33)55-53-23-32-8-5-6-9-39(32)73(68,69)70;1-30-20-31(2)44(32(3)21-30)70(68,69)52-37(33(4)58)24-50-45(67)36-25-57(38-22-34(6-7-35(38)43(36)66)23-51-46-48-9-10-49-46)11-5-8-47-39(59)26-53-12-14-54(27-40(60)61)16-18-56(29-42(64)65)19-17-55(15-13-53)28-41(62)63/h5-6,8-13,15-16,18-20,22-23,25,36-37,56H,7,14,17,21,24,26H2,1-4H3,(H,47,62)(H,50,55)(H,51,61)(H,54,60)(H2,48,49,52)(H,63,64,65)(H,68,69,70);6-7,9-10,20-22,25,37,40,42,52,60-61,64-65H,5,8,11-19,23-24,26-29H2,1-4H3,(H,47,59)(H,50,67)(H,62,63)(H2,48,49,51)/b53-23-;/t36?,37-;/m0./s1. The Hall–Kier alpha value is -13.4. The molecule has 5 aromatic carbocycles. The predicted octanol–water partition coefficient (Wildman–Crippen LogP) is 0.570. The summed E-state index contributed by atoms with van der Waals surface area (Å²) in [6.07, 6.45) is 8.52. The van der Waals surface area contributed by atoms with Crippen LogP contribution in [-0.4, -0.2) is 316 Å². The SMILES string of the molecule is CC(=O)C(CNC(=O)c1cn(CCCNC(=O)CN2CCN(CC(=O)O)CCN(CC(O)O)CCN(CC(O)O)CC2)c2cc(CNc3ncc[nH]3)ccc2c1=O)NS(=O)(=O)c1c(C)cc(C)cc1C.CC(=O)C(CNC(=O)c1cn(CCCNC(=O)[C@H](CS(=O)(=O)O)NC(=O)c2ccc(N/N=C\c3ccccc3S(=O)(=O)O)nc2)c2cc(CNc3ncc[nH]3)ccc2c1=O)NS(=O)(=O)c1c(C)cc(C)cc1C. The van der Waals surface area contributed by atoms with E-state index in [1.54, 1.807) is 131 Å². The maximum Gasteiger partial charge on any atom is 0.317 e. The molecule has 10 aromatic rings. The molecule has 5 amide bonds. The Morgan fingerprint density at radius 3 is 1.36 bits per heavy atom. The van der Waals surface area contributed by atoms with Gasteiger partial charge in [-0.25, -0.2) is 31.8 Å². The number of nitrogens with zero attached hydrogens (tertiary/aromatic N) is 10. The van der Waals surface area contributed by atoms with Crippen LogP contribution in [0, 0.1) is 41.5 Å². The monoisotopic (exact) mass is 2060 g/mol. The molecule has 47 nitrogen and oxygen atoms in total. The molecule has 3 atom stereocenters. The molecular weight excluding hydrogens is 1940 g/mol. The smallest absolute Gasteiger partial charge is 0.317 e. The van der Waals surface area contributed by atoms with E-state index < -0.39 is 142 Å². The van der Waals surface area contributed by atoms with E-state index in [-0.39, 0.29) is 131 Å². The van der Waals surface area contributed by atoms with Crippen LogP contribution in [-0.2, 0) is 90.4 Å². The van der Waals surface area contributed by atoms with E-state index >= 15 is 0 Å². The number of Topliss-reactive ketones (excluding diaryl/α,β-unsaturated/α-hetero) is 2. The summed E-state index contributed by atoms with van der Waals surface area (Å²) in [6, 6.07) is 20.4. The number of ketones is 2. The number of hydrogen-bond donors (Lipinski definition) is 19. The second kappa shape index (κ2) is 51.0. The number of pyridine rings is 3. The molecule has 51 heteroatoms. The molecule has 1 aliphatic rings. The van der Waals surface area contributed by atoms with Gasteiger partial charge in [-0.05, 0) is 144 Å². The number of imidazole rings is 2. The van der Waals surface area contributed by atoms with E-state index in [0.717, 1.165) is 36.0 Å². The topological polar surface area (TPSA) is 675 Å². The molecule has 0 saturated carbocycles. The summed E-state index contributed by atoms with van der Waals surface area (Å²) >= 11 is 0. The lowest BCUT2D eigenvalue weighted by Crippen LogP contribution is -2.50. The molecule has 5 aromatic heterocycles. The van der Waals surface area contributed by atoms with E-state index in [1.807, 2.05) is 18.7 Å². The molecule has 0 aliphatic carbocycles. The summed E-state index contributed by atoms with van der Waals surface area (Å²) < 4.78 is 129. The Kier molecular flexibility index (Phi) is 39.8. The Labute approximate surface area is 823 Å². The first-order chi connectivity index (χ1) is 67.6. The van der Waals surface area contributed by atoms with Crippen molar-refractivity contribution in [3.05, 3.63) is 228 Å². The molecule has 1 aliphatic heterocycles. The van der Waals surface area contributed by atoms with Gasteiger partial charge < -0.3 is 81.9 Å².